The maximum absolute atomic E-state index is 2.09. The van der Waals surface area contributed by atoms with E-state index in [0.29, 0.717) is 0 Å². The summed E-state index contributed by atoms with van der Waals surface area (Å²) in [6.07, 6.45) is 15.5. The molecular formula is C102H84. The van der Waals surface area contributed by atoms with E-state index >= 15 is 0 Å². The highest BCUT2D eigenvalue weighted by Gasteiger charge is 3.45. The average molecular weight is 1310 g/mol. The van der Waals surface area contributed by atoms with E-state index in [1.165, 1.54) is 402 Å². The SMILES string of the molecule is C1C2CC3C4C5C6CC7C8C9C%10CC%11C%12C%13C%14C%15C%16C%17C%18C%19C%20C%21C%22CC%23C%24C%25CC%26C%27C%28C%29C%30C(C%29C%28C%27[C@@H]%26%25)C%25C%30C%26C%25C%25C%26C%26C%27C%28C%29C%30C1C1C%31C2C32C%313C%31C%32C%33CC%34%35C%36C%37C%38CC%39C%40C%41C%42(C%43C%44C%45C%46C%47C%48C%49C%24C%23%22C%21%49C%20%48C%19%47C%18%46C%17%45C%16%44C%15%43C%14%42C%13%41C%12%40C%11%39C%10%38C9%37C8%36C7%34C6%33C5%32C4%312)C%25%26C%27C%28%35C%29C%3013. The van der Waals surface area contributed by atoms with Gasteiger partial charge in [-0.2, -0.15) is 0 Å². The molecule has 0 aromatic carbocycles. The van der Waals surface area contributed by atoms with Crippen LogP contribution in [0.25, 0.3) is 0 Å². The third-order valence-electron chi connectivity index (χ3n) is 78.4. The second-order valence-corrected chi connectivity index (χ2v) is 62.5. The molecule has 0 saturated heterocycles. The van der Waals surface area contributed by atoms with E-state index < -0.39 is 0 Å². The Hall–Kier alpha value is 0. The minimum atomic E-state index is 0.955. The molecule has 0 aromatic heterocycles. The van der Waals surface area contributed by atoms with Gasteiger partial charge in [0.05, 0.1) is 0 Å². The first-order chi connectivity index (χ1) is 50.7. The summed E-state index contributed by atoms with van der Waals surface area (Å²) in [4.78, 5) is 0. The minimum Gasteiger partial charge on any atom is -0.0467 e. The third kappa shape index (κ3) is 1.36. The van der Waals surface area contributed by atoms with Gasteiger partial charge in [0.25, 0.3) is 0 Å². The van der Waals surface area contributed by atoms with Crippen molar-refractivity contribution in [1.82, 2.24) is 0 Å². The fraction of sp³-hybridized carbons (Fsp3) is 1.00. The van der Waals surface area contributed by atoms with Crippen LogP contribution < -0.4 is 0 Å². The zero-order valence-corrected chi connectivity index (χ0v) is 57.9. The van der Waals surface area contributed by atoms with E-state index in [-0.39, 0.29) is 0 Å². The maximum Gasteiger partial charge on any atom is -0.00591 e. The number of hydrogen-bond acceptors (Lipinski definition) is 0. The van der Waals surface area contributed by atoms with Crippen molar-refractivity contribution >= 4 is 0 Å². The van der Waals surface area contributed by atoms with Crippen LogP contribution in [0, 0.1) is 543 Å². The van der Waals surface area contributed by atoms with Crippen molar-refractivity contribution in [2.75, 3.05) is 0 Å². The van der Waals surface area contributed by atoms with E-state index in [1.807, 2.05) is 44.9 Å². The van der Waals surface area contributed by atoms with E-state index in [9.17, 15) is 0 Å². The predicted octanol–water partition coefficient (Wildman–Crippen LogP) is 11.5. The lowest BCUT2D eigenvalue weighted by molar-refractivity contribution is -0.950. The highest BCUT2D eigenvalue weighted by molar-refractivity contribution is 5.90. The third-order valence-corrected chi connectivity index (χ3v) is 78.4. The summed E-state index contributed by atoms with van der Waals surface area (Å²) in [6, 6.07) is 0. The Morgan fingerprint density at radius 1 is 0.147 bits per heavy atom. The van der Waals surface area contributed by atoms with Gasteiger partial charge in [-0.1, -0.05) is 0 Å². The van der Waals surface area contributed by atoms with Crippen molar-refractivity contribution in [1.29, 1.82) is 0 Å². The van der Waals surface area contributed by atoms with Crippen LogP contribution in [0.15, 0.2) is 0 Å². The second-order valence-electron chi connectivity index (χ2n) is 62.5. The molecule has 0 N–H and O–H groups in total. The Kier molecular flexibility index (Phi) is 2.90. The molecule has 93 unspecified atom stereocenters. The van der Waals surface area contributed by atoms with Crippen LogP contribution in [0.4, 0.5) is 0 Å². The molecule has 0 heterocycles. The van der Waals surface area contributed by atoms with E-state index in [2.05, 4.69) is 6.42 Å². The van der Waals surface area contributed by atoms with Gasteiger partial charge in [0.15, 0.2) is 0 Å². The monoisotopic (exact) mass is 1310 g/mol. The molecule has 61 rings (SSSR count). The largest absolute Gasteiger partial charge is 0.0467 e. The minimum absolute atomic E-state index is 0.955. The van der Waals surface area contributed by atoms with Gasteiger partial charge in [-0.05, 0) is 595 Å². The first-order valence-corrected chi connectivity index (χ1v) is 50.7. The Morgan fingerprint density at radius 3 is 1.41 bits per heavy atom. The fourth-order valence-corrected chi connectivity index (χ4v) is 92.6. The van der Waals surface area contributed by atoms with Crippen molar-refractivity contribution in [3.8, 4) is 0 Å². The summed E-state index contributed by atoms with van der Waals surface area (Å²) in [7, 11) is 0. The summed E-state index contributed by atoms with van der Waals surface area (Å²) >= 11 is 0. The molecular weight excluding hydrogens is 1230 g/mol. The molecule has 9 bridgehead atoms. The average Bonchev–Trinajstić information content (AvgIpc) is 0.701. The second kappa shape index (κ2) is 7.46. The maximum atomic E-state index is 2.09. The van der Waals surface area contributed by atoms with Crippen LogP contribution in [0.2, 0.25) is 0 Å². The van der Waals surface area contributed by atoms with Crippen molar-refractivity contribution in [2.24, 2.45) is 543 Å². The molecule has 102 heavy (non-hydrogen) atoms. The lowest BCUT2D eigenvalue weighted by Crippen LogP contribution is -3.38. The normalized spacial score (nSPS) is 123. The smallest absolute Gasteiger partial charge is 0.00591 e. The number of fused-ring (bicyclic) bond motifs is 38. The molecule has 61 fully saturated rings. The summed E-state index contributed by atoms with van der Waals surface area (Å²) < 4.78 is 0. The first kappa shape index (κ1) is 39.6. The highest BCUT2D eigenvalue weighted by Crippen LogP contribution is 3.47. The molecule has 0 amide bonds. The Bertz CT molecular complexity index is 6270. The standard InChI is InChI=1S/C102H84/c1-9-2-15-46-45-18-7-21-48-44-16-5-17-47-58-69-67-65-64-62-60-57-43-14-4-13-24-10-3-11-23(10)26-25(11)27-28(26)30-29(27)31-32(30)34-33(31)35-36(34)52-37(35)53-39-54-38-41-12(1)42-56-40(9)85(15)95(56)74-51-22-8-77-73-49-19-6-20-50-75-98(58,88(47,50)83(17,20)82(16,19)87(44,49)97(48,73)101(21,77)84(18,22)89(45,51)96(46,74)85)102(69)99(67)76(100(75,102)80(52,53)72(39)81(54,77)71(38)79(41,42)95)70-68-66-63-61-59-55(24)78(13,14)86(43,59)90(57,61)91(60,63)92(62,66)93(64,68)94(65,70)99/h9-76H,1-8H2/t9?,10?,11?,12?,13?,14?,15?,16?,17?,18?,19?,20?,21?,22?,23-,24?,25?,26?,27?,28?,29?,30?,31?,32?,33?,34?,35?,36?,37?,38?,39?,40?,41?,42?,43?,44?,45?,46?,47?,48?,49?,50?,51?,52?,53?,54?,55?,56?,57?,58?,59?,60?,61?,62?,63?,64?,65?,66?,67?,68?,69?,70?,71?,72?,73?,74?,75?,76?,77?,78?,79?,80?,81?,82?,83?,84?,85?,86?,87?,88?,89?,90?,91?,92?,93?,94?,95?,96?,97?,98?,99?,100?,101?,102?/m1/s1. The van der Waals surface area contributed by atoms with Crippen LogP contribution in [0.1, 0.15) is 51.4 Å². The van der Waals surface area contributed by atoms with Gasteiger partial charge in [0.1, 0.15) is 0 Å². The molecule has 94 atom stereocenters. The van der Waals surface area contributed by atoms with Gasteiger partial charge >= 0.3 is 0 Å². The summed E-state index contributed by atoms with van der Waals surface area (Å²) in [5.74, 6) is 93.0. The van der Waals surface area contributed by atoms with Crippen LogP contribution in [-0.2, 0) is 0 Å². The first-order valence-electron chi connectivity index (χ1n) is 50.7. The van der Waals surface area contributed by atoms with Crippen LogP contribution >= 0.6 is 0 Å². The Balaban J connectivity index is 0.538. The van der Waals surface area contributed by atoms with E-state index in [4.69, 9.17) is 0 Å². The number of rotatable bonds is 0. The van der Waals surface area contributed by atoms with Crippen molar-refractivity contribution in [3.63, 3.8) is 0 Å². The zero-order valence-electron chi connectivity index (χ0n) is 57.9. The molecule has 25 spiro atoms. The molecule has 61 aliphatic carbocycles. The quantitative estimate of drug-likeness (QED) is 0.227. The zero-order chi connectivity index (χ0) is 57.9. The van der Waals surface area contributed by atoms with Gasteiger partial charge in [0, 0.05) is 0 Å². The van der Waals surface area contributed by atoms with E-state index in [0.717, 1.165) is 141 Å². The van der Waals surface area contributed by atoms with Gasteiger partial charge in [-0.25, -0.2) is 0 Å². The van der Waals surface area contributed by atoms with Gasteiger partial charge in [-0.3, -0.25) is 0 Å². The van der Waals surface area contributed by atoms with Crippen molar-refractivity contribution in [2.45, 2.75) is 51.4 Å². The van der Waals surface area contributed by atoms with E-state index in [1.54, 1.807) is 0 Å². The number of hydrogen-bond donors (Lipinski definition) is 0. The molecule has 0 radical (unpaired) electrons. The molecule has 61 saturated carbocycles. The van der Waals surface area contributed by atoms with Crippen LogP contribution in [-0.4, -0.2) is 0 Å². The molecule has 492 valence electrons. The Morgan fingerprint density at radius 2 is 0.618 bits per heavy atom. The topological polar surface area (TPSA) is 0 Å². The fourth-order valence-electron chi connectivity index (χ4n) is 92.6. The summed E-state index contributed by atoms with van der Waals surface area (Å²) in [5, 5.41) is 0. The molecule has 0 heteroatoms. The van der Waals surface area contributed by atoms with Gasteiger partial charge < -0.3 is 0 Å². The van der Waals surface area contributed by atoms with Gasteiger partial charge in [-0.15, -0.1) is 0 Å². The summed E-state index contributed by atoms with van der Waals surface area (Å²) in [6.45, 7) is 0. The molecule has 0 aromatic rings. The lowest BCUT2D eigenvalue weighted by atomic mass is 8.63. The van der Waals surface area contributed by atoms with Gasteiger partial charge in [0.2, 0.25) is 0 Å². The molecule has 0 nitrogen and oxygen atoms in total. The Labute approximate surface area is 590 Å². The van der Waals surface area contributed by atoms with Crippen molar-refractivity contribution < 1.29 is 0 Å². The highest BCUT2D eigenvalue weighted by atomic mass is 15.5. The van der Waals surface area contributed by atoms with Crippen LogP contribution in [0.5, 0.6) is 0 Å². The molecule has 0 aliphatic heterocycles. The summed E-state index contributed by atoms with van der Waals surface area (Å²) in [5.41, 5.74) is 26.7. The molecule has 61 aliphatic rings. The lowest BCUT2D eigenvalue weighted by Gasteiger charge is -3.40. The van der Waals surface area contributed by atoms with Crippen LogP contribution in [0.3, 0.4) is 0 Å². The predicted molar refractivity (Wildman–Crippen MR) is 338 cm³/mol. The van der Waals surface area contributed by atoms with Crippen molar-refractivity contribution in [3.05, 3.63) is 0 Å².